The summed E-state index contributed by atoms with van der Waals surface area (Å²) in [6.07, 6.45) is 3.18. The van der Waals surface area contributed by atoms with E-state index < -0.39 is 0 Å². The van der Waals surface area contributed by atoms with Gasteiger partial charge in [0.1, 0.15) is 12.6 Å². The molecule has 3 fully saturated rings. The number of piperazine rings is 1. The summed E-state index contributed by atoms with van der Waals surface area (Å²) in [5.74, 6) is 0.488. The van der Waals surface area contributed by atoms with Crippen molar-refractivity contribution in [1.82, 2.24) is 25.8 Å². The number of amides is 4. The third-order valence-electron chi connectivity index (χ3n) is 5.58. The lowest BCUT2D eigenvalue weighted by Gasteiger charge is -2.43. The van der Waals surface area contributed by atoms with E-state index in [0.29, 0.717) is 19.0 Å². The van der Waals surface area contributed by atoms with E-state index in [4.69, 9.17) is 4.74 Å². The Labute approximate surface area is 166 Å². The zero-order valence-corrected chi connectivity index (χ0v) is 17.1. The van der Waals surface area contributed by atoms with Crippen LogP contribution in [0, 0.1) is 5.92 Å². The summed E-state index contributed by atoms with van der Waals surface area (Å²) in [4.78, 5) is 41.1. The SMILES string of the molecule is COCC(=O)NC[C@H]1C(=O)N2C[C@@H](NC(=O)NC(C)C)C[C@H]2CN1CC1CC1. The van der Waals surface area contributed by atoms with Crippen molar-refractivity contribution in [1.29, 1.82) is 0 Å². The van der Waals surface area contributed by atoms with Gasteiger partial charge in [-0.1, -0.05) is 0 Å². The number of hydrogen-bond donors (Lipinski definition) is 3. The summed E-state index contributed by atoms with van der Waals surface area (Å²) in [6, 6.07) is -0.398. The molecular formula is C19H33N5O4. The summed E-state index contributed by atoms with van der Waals surface area (Å²) >= 11 is 0. The topological polar surface area (TPSA) is 103 Å². The van der Waals surface area contributed by atoms with Crippen molar-refractivity contribution < 1.29 is 19.1 Å². The van der Waals surface area contributed by atoms with E-state index >= 15 is 0 Å². The van der Waals surface area contributed by atoms with Crippen LogP contribution in [0.3, 0.4) is 0 Å². The molecule has 2 saturated heterocycles. The van der Waals surface area contributed by atoms with Crippen LogP contribution >= 0.6 is 0 Å². The number of carbonyl (C=O) groups excluding carboxylic acids is 3. The van der Waals surface area contributed by atoms with E-state index in [-0.39, 0.29) is 48.6 Å². The highest BCUT2D eigenvalue weighted by molar-refractivity contribution is 5.85. The normalized spacial score (nSPS) is 27.6. The van der Waals surface area contributed by atoms with Crippen molar-refractivity contribution in [3.05, 3.63) is 0 Å². The van der Waals surface area contributed by atoms with Gasteiger partial charge in [-0.2, -0.15) is 0 Å². The molecule has 0 aromatic carbocycles. The Hall–Kier alpha value is -1.87. The van der Waals surface area contributed by atoms with Crippen LogP contribution in [-0.4, -0.2) is 91.7 Å². The second-order valence-corrected chi connectivity index (χ2v) is 8.50. The number of nitrogens with one attached hydrogen (secondary N) is 3. The Balaban J connectivity index is 1.61. The van der Waals surface area contributed by atoms with Crippen LogP contribution in [0.2, 0.25) is 0 Å². The highest BCUT2D eigenvalue weighted by atomic mass is 16.5. The number of hydrogen-bond acceptors (Lipinski definition) is 5. The number of fused-ring (bicyclic) bond motifs is 1. The summed E-state index contributed by atoms with van der Waals surface area (Å²) in [5.41, 5.74) is 0. The van der Waals surface area contributed by atoms with Crippen LogP contribution in [0.15, 0.2) is 0 Å². The molecule has 28 heavy (non-hydrogen) atoms. The molecule has 0 bridgehead atoms. The molecule has 158 valence electrons. The Kier molecular flexibility index (Phi) is 6.77. The summed E-state index contributed by atoms with van der Waals surface area (Å²) in [6.45, 7) is 6.33. The van der Waals surface area contributed by atoms with Crippen LogP contribution in [0.5, 0.6) is 0 Å². The molecule has 9 nitrogen and oxygen atoms in total. The minimum atomic E-state index is -0.346. The summed E-state index contributed by atoms with van der Waals surface area (Å²) < 4.78 is 4.85. The molecule has 0 spiro atoms. The number of rotatable bonds is 8. The highest BCUT2D eigenvalue weighted by Crippen LogP contribution is 2.33. The Bertz CT molecular complexity index is 595. The van der Waals surface area contributed by atoms with Gasteiger partial charge < -0.3 is 25.6 Å². The molecule has 4 amide bonds. The van der Waals surface area contributed by atoms with Crippen LogP contribution < -0.4 is 16.0 Å². The van der Waals surface area contributed by atoms with Gasteiger partial charge in [0, 0.05) is 45.4 Å². The first-order valence-electron chi connectivity index (χ1n) is 10.2. The molecule has 0 radical (unpaired) electrons. The lowest BCUT2D eigenvalue weighted by atomic mass is 10.0. The lowest BCUT2D eigenvalue weighted by Crippen LogP contribution is -2.63. The predicted molar refractivity (Wildman–Crippen MR) is 104 cm³/mol. The van der Waals surface area contributed by atoms with Crippen LogP contribution in [0.25, 0.3) is 0 Å². The predicted octanol–water partition coefficient (Wildman–Crippen LogP) is -0.480. The maximum Gasteiger partial charge on any atom is 0.315 e. The van der Waals surface area contributed by atoms with E-state index in [2.05, 4.69) is 20.9 Å². The van der Waals surface area contributed by atoms with E-state index in [0.717, 1.165) is 19.5 Å². The molecule has 3 aliphatic rings. The van der Waals surface area contributed by atoms with E-state index in [1.54, 1.807) is 0 Å². The average Bonchev–Trinajstić information content (AvgIpc) is 3.32. The zero-order chi connectivity index (χ0) is 20.3. The Morgan fingerprint density at radius 3 is 2.64 bits per heavy atom. The second kappa shape index (κ2) is 9.09. The highest BCUT2D eigenvalue weighted by Gasteiger charge is 2.46. The minimum Gasteiger partial charge on any atom is -0.375 e. The van der Waals surface area contributed by atoms with Gasteiger partial charge in [0.2, 0.25) is 11.8 Å². The monoisotopic (exact) mass is 395 g/mol. The first kappa shape index (κ1) is 20.9. The van der Waals surface area contributed by atoms with Crippen molar-refractivity contribution >= 4 is 17.8 Å². The molecule has 1 aliphatic carbocycles. The summed E-state index contributed by atoms with van der Waals surface area (Å²) in [5, 5.41) is 8.64. The molecule has 2 aliphatic heterocycles. The van der Waals surface area contributed by atoms with Crippen LogP contribution in [-0.2, 0) is 14.3 Å². The van der Waals surface area contributed by atoms with Gasteiger partial charge in [-0.25, -0.2) is 4.79 Å². The number of nitrogens with zero attached hydrogens (tertiary/aromatic N) is 2. The van der Waals surface area contributed by atoms with Gasteiger partial charge in [0.15, 0.2) is 0 Å². The number of ether oxygens (including phenoxy) is 1. The number of methoxy groups -OCH3 is 1. The number of urea groups is 1. The van der Waals surface area contributed by atoms with Crippen LogP contribution in [0.4, 0.5) is 4.79 Å². The molecule has 0 aromatic heterocycles. The van der Waals surface area contributed by atoms with Crippen molar-refractivity contribution in [2.45, 2.75) is 57.3 Å². The van der Waals surface area contributed by atoms with Gasteiger partial charge in [-0.15, -0.1) is 0 Å². The van der Waals surface area contributed by atoms with Crippen LogP contribution in [0.1, 0.15) is 33.1 Å². The second-order valence-electron chi connectivity index (χ2n) is 8.50. The lowest BCUT2D eigenvalue weighted by molar-refractivity contribution is -0.144. The van der Waals surface area contributed by atoms with Gasteiger partial charge in [0.05, 0.1) is 6.04 Å². The maximum absolute atomic E-state index is 13.2. The molecule has 2 heterocycles. The van der Waals surface area contributed by atoms with E-state index in [9.17, 15) is 14.4 Å². The average molecular weight is 396 g/mol. The molecular weight excluding hydrogens is 362 g/mol. The third kappa shape index (κ3) is 5.35. The standard InChI is InChI=1S/C19H33N5O4/c1-12(2)21-19(27)22-14-6-15-10-23(8-13-4-5-13)16(18(26)24(15)9-14)7-20-17(25)11-28-3/h12-16H,4-11H2,1-3H3,(H,20,25)(H2,21,22,27)/t14-,15-,16-/m0/s1. The Morgan fingerprint density at radius 2 is 2.00 bits per heavy atom. The fourth-order valence-corrected chi connectivity index (χ4v) is 4.14. The van der Waals surface area contributed by atoms with Crippen molar-refractivity contribution in [3.63, 3.8) is 0 Å². The fraction of sp³-hybridized carbons (Fsp3) is 0.842. The van der Waals surface area contributed by atoms with Gasteiger partial charge >= 0.3 is 6.03 Å². The smallest absolute Gasteiger partial charge is 0.315 e. The van der Waals surface area contributed by atoms with Crippen molar-refractivity contribution in [2.75, 3.05) is 39.9 Å². The molecule has 1 saturated carbocycles. The first-order chi connectivity index (χ1) is 13.4. The maximum atomic E-state index is 13.2. The van der Waals surface area contributed by atoms with E-state index in [1.165, 1.54) is 20.0 Å². The zero-order valence-electron chi connectivity index (χ0n) is 17.1. The fourth-order valence-electron chi connectivity index (χ4n) is 4.14. The molecule has 9 heteroatoms. The number of carbonyl (C=O) groups is 3. The molecule has 3 atom stereocenters. The molecule has 3 rings (SSSR count). The van der Waals surface area contributed by atoms with Gasteiger partial charge in [-0.05, 0) is 39.0 Å². The molecule has 3 N–H and O–H groups in total. The molecule has 0 unspecified atom stereocenters. The van der Waals surface area contributed by atoms with Gasteiger partial charge in [-0.3, -0.25) is 14.5 Å². The van der Waals surface area contributed by atoms with Crippen molar-refractivity contribution in [3.8, 4) is 0 Å². The minimum absolute atomic E-state index is 0.00711. The largest absolute Gasteiger partial charge is 0.375 e. The van der Waals surface area contributed by atoms with Gasteiger partial charge in [0.25, 0.3) is 0 Å². The molecule has 0 aromatic rings. The van der Waals surface area contributed by atoms with E-state index in [1.807, 2.05) is 18.7 Å². The Morgan fingerprint density at radius 1 is 1.25 bits per heavy atom. The summed E-state index contributed by atoms with van der Waals surface area (Å²) in [7, 11) is 1.47. The van der Waals surface area contributed by atoms with Crippen molar-refractivity contribution in [2.24, 2.45) is 5.92 Å². The third-order valence-corrected chi connectivity index (χ3v) is 5.58. The quantitative estimate of drug-likeness (QED) is 0.515. The first-order valence-corrected chi connectivity index (χ1v) is 10.2.